The minimum atomic E-state index is -4.15. The molecule has 0 aliphatic rings. The maximum absolute atomic E-state index is 12.4. The molecule has 3 rings (SSSR count). The third-order valence-electron chi connectivity index (χ3n) is 4.00. The van der Waals surface area contributed by atoms with Gasteiger partial charge in [0.2, 0.25) is 0 Å². The maximum Gasteiger partial charge on any atom is 0.269 e. The number of benzene rings is 3. The van der Waals surface area contributed by atoms with Crippen LogP contribution >= 0.6 is 0 Å². The van der Waals surface area contributed by atoms with Gasteiger partial charge >= 0.3 is 0 Å². The molecule has 152 valence electrons. The minimum Gasteiger partial charge on any atom is -0.507 e. The molecule has 2 N–H and O–H groups in total. The summed E-state index contributed by atoms with van der Waals surface area (Å²) in [5.74, 6) is -0.846. The Balaban J connectivity index is 1.72. The molecule has 0 spiro atoms. The van der Waals surface area contributed by atoms with Gasteiger partial charge < -0.3 is 5.11 Å². The van der Waals surface area contributed by atoms with Crippen molar-refractivity contribution in [1.82, 2.24) is 4.72 Å². The van der Waals surface area contributed by atoms with E-state index in [1.807, 2.05) is 4.72 Å². The van der Waals surface area contributed by atoms with Crippen LogP contribution in [-0.4, -0.2) is 30.6 Å². The number of hydrogen-bond donors (Lipinski definition) is 2. The quantitative estimate of drug-likeness (QED) is 0.353. The Kier molecular flexibility index (Phi) is 5.88. The summed E-state index contributed by atoms with van der Waals surface area (Å²) in [4.78, 5) is 26.2. The Morgan fingerprint density at radius 1 is 1.00 bits per heavy atom. The molecule has 0 aliphatic heterocycles. The predicted molar refractivity (Wildman–Crippen MR) is 110 cm³/mol. The van der Waals surface area contributed by atoms with Gasteiger partial charge in [-0.05, 0) is 48.5 Å². The van der Waals surface area contributed by atoms with E-state index in [-0.39, 0.29) is 21.9 Å². The monoisotopic (exact) mass is 425 g/mol. The van der Waals surface area contributed by atoms with Gasteiger partial charge in [0.15, 0.2) is 0 Å². The van der Waals surface area contributed by atoms with Crippen LogP contribution in [0.5, 0.6) is 5.75 Å². The van der Waals surface area contributed by atoms with E-state index in [9.17, 15) is 28.4 Å². The number of para-hydroxylation sites is 1. The summed E-state index contributed by atoms with van der Waals surface area (Å²) in [6, 6.07) is 16.6. The summed E-state index contributed by atoms with van der Waals surface area (Å²) in [5, 5.41) is 20.4. The minimum absolute atomic E-state index is 0.0342. The molecule has 0 fully saturated rings. The first-order chi connectivity index (χ1) is 14.3. The van der Waals surface area contributed by atoms with Gasteiger partial charge in [0.25, 0.3) is 21.6 Å². The van der Waals surface area contributed by atoms with Crippen molar-refractivity contribution in [1.29, 1.82) is 0 Å². The number of nitrogens with one attached hydrogen (secondary N) is 1. The third kappa shape index (κ3) is 4.86. The van der Waals surface area contributed by atoms with Crippen LogP contribution in [0.4, 0.5) is 11.4 Å². The average molecular weight is 425 g/mol. The van der Waals surface area contributed by atoms with Crippen LogP contribution in [0.3, 0.4) is 0 Å². The van der Waals surface area contributed by atoms with Gasteiger partial charge in [0.1, 0.15) is 5.75 Å². The number of sulfonamides is 1. The zero-order valence-corrected chi connectivity index (χ0v) is 16.1. The van der Waals surface area contributed by atoms with Crippen molar-refractivity contribution in [3.63, 3.8) is 0 Å². The van der Waals surface area contributed by atoms with Gasteiger partial charge in [0.05, 0.1) is 15.5 Å². The van der Waals surface area contributed by atoms with Crippen molar-refractivity contribution in [2.24, 2.45) is 4.99 Å². The first-order valence-electron chi connectivity index (χ1n) is 8.50. The average Bonchev–Trinajstić information content (AvgIpc) is 2.73. The second-order valence-electron chi connectivity index (χ2n) is 6.05. The van der Waals surface area contributed by atoms with Gasteiger partial charge in [-0.15, -0.1) is 0 Å². The number of carbonyl (C=O) groups excluding carboxylic acids is 1. The van der Waals surface area contributed by atoms with E-state index in [2.05, 4.69) is 4.99 Å². The molecule has 0 saturated carbocycles. The number of rotatable bonds is 6. The van der Waals surface area contributed by atoms with Crippen molar-refractivity contribution in [2.45, 2.75) is 4.90 Å². The van der Waals surface area contributed by atoms with Gasteiger partial charge in [-0.2, -0.15) is 0 Å². The number of carbonyl (C=O) groups is 1. The SMILES string of the molecule is O=C(NS(=O)(=O)c1ccc(N=Cc2ccccc2O)cc1)c1ccc([N+](=O)[O-])cc1. The van der Waals surface area contributed by atoms with Crippen LogP contribution in [0.15, 0.2) is 82.7 Å². The van der Waals surface area contributed by atoms with E-state index >= 15 is 0 Å². The van der Waals surface area contributed by atoms with Gasteiger partial charge in [-0.25, -0.2) is 13.1 Å². The summed E-state index contributed by atoms with van der Waals surface area (Å²) in [7, 11) is -4.15. The van der Waals surface area contributed by atoms with Crippen LogP contribution in [0, 0.1) is 10.1 Å². The molecule has 30 heavy (non-hydrogen) atoms. The molecule has 0 radical (unpaired) electrons. The number of non-ortho nitro benzene ring substituents is 1. The molecule has 10 heteroatoms. The number of nitrogens with zero attached hydrogens (tertiary/aromatic N) is 2. The maximum atomic E-state index is 12.4. The zero-order chi connectivity index (χ0) is 21.7. The molecule has 0 unspecified atom stereocenters. The summed E-state index contributed by atoms with van der Waals surface area (Å²) >= 11 is 0. The van der Waals surface area contributed by atoms with E-state index in [1.165, 1.54) is 48.7 Å². The highest BCUT2D eigenvalue weighted by atomic mass is 32.2. The Hall–Kier alpha value is -4.05. The number of amides is 1. The number of hydrogen-bond acceptors (Lipinski definition) is 7. The number of phenolic OH excluding ortho intramolecular Hbond substituents is 1. The van der Waals surface area contributed by atoms with Crippen molar-refractivity contribution in [2.75, 3.05) is 0 Å². The van der Waals surface area contributed by atoms with Crippen molar-refractivity contribution in [3.8, 4) is 5.75 Å². The molecule has 0 bridgehead atoms. The van der Waals surface area contributed by atoms with Crippen molar-refractivity contribution >= 4 is 33.5 Å². The van der Waals surface area contributed by atoms with Crippen LogP contribution < -0.4 is 4.72 Å². The standard InChI is InChI=1S/C20H15N3O6S/c24-19-4-2-1-3-15(19)13-21-16-7-11-18(12-8-16)30(28,29)22-20(25)14-5-9-17(10-6-14)23(26)27/h1-13,24H,(H,22,25). The van der Waals surface area contributed by atoms with Gasteiger partial charge in [-0.3, -0.25) is 19.9 Å². The molecule has 0 saturated heterocycles. The Bertz CT molecular complexity index is 1220. The predicted octanol–water partition coefficient (Wildman–Crippen LogP) is 3.17. The van der Waals surface area contributed by atoms with Crippen LogP contribution in [0.2, 0.25) is 0 Å². The van der Waals surface area contributed by atoms with Gasteiger partial charge in [0, 0.05) is 29.5 Å². The fourth-order valence-electron chi connectivity index (χ4n) is 2.43. The normalized spacial score (nSPS) is 11.3. The summed E-state index contributed by atoms with van der Waals surface area (Å²) in [5.41, 5.74) is 0.700. The highest BCUT2D eigenvalue weighted by Gasteiger charge is 2.19. The molecule has 0 atom stereocenters. The lowest BCUT2D eigenvalue weighted by atomic mass is 10.2. The van der Waals surface area contributed by atoms with E-state index in [0.29, 0.717) is 11.3 Å². The second kappa shape index (κ2) is 8.53. The summed E-state index contributed by atoms with van der Waals surface area (Å²) < 4.78 is 26.7. The molecular weight excluding hydrogens is 410 g/mol. The Morgan fingerprint density at radius 2 is 1.63 bits per heavy atom. The molecular formula is C20H15N3O6S. The highest BCUT2D eigenvalue weighted by Crippen LogP contribution is 2.19. The fourth-order valence-corrected chi connectivity index (χ4v) is 3.40. The molecule has 3 aromatic rings. The van der Waals surface area contributed by atoms with Crippen molar-refractivity contribution < 1.29 is 23.2 Å². The number of nitro groups is 1. The summed E-state index contributed by atoms with van der Waals surface area (Å²) in [6.07, 6.45) is 1.44. The fraction of sp³-hybridized carbons (Fsp3) is 0. The molecule has 1 amide bonds. The van der Waals surface area contributed by atoms with Gasteiger partial charge in [-0.1, -0.05) is 12.1 Å². The first-order valence-corrected chi connectivity index (χ1v) is 9.98. The van der Waals surface area contributed by atoms with E-state index < -0.39 is 20.9 Å². The highest BCUT2D eigenvalue weighted by molar-refractivity contribution is 7.90. The summed E-state index contributed by atoms with van der Waals surface area (Å²) in [6.45, 7) is 0. The molecule has 9 nitrogen and oxygen atoms in total. The van der Waals surface area contributed by atoms with Crippen LogP contribution in [-0.2, 0) is 10.0 Å². The van der Waals surface area contributed by atoms with E-state index in [0.717, 1.165) is 12.1 Å². The molecule has 3 aromatic carbocycles. The molecule has 0 aliphatic carbocycles. The number of aromatic hydroxyl groups is 1. The van der Waals surface area contributed by atoms with Crippen LogP contribution in [0.1, 0.15) is 15.9 Å². The smallest absolute Gasteiger partial charge is 0.269 e. The third-order valence-corrected chi connectivity index (χ3v) is 5.35. The van der Waals surface area contributed by atoms with Crippen molar-refractivity contribution in [3.05, 3.63) is 94.0 Å². The van der Waals surface area contributed by atoms with Crippen LogP contribution in [0.25, 0.3) is 0 Å². The van der Waals surface area contributed by atoms with E-state index in [4.69, 9.17) is 0 Å². The number of nitro benzene ring substituents is 1. The largest absolute Gasteiger partial charge is 0.507 e. The molecule has 0 heterocycles. The first kappa shape index (κ1) is 20.7. The number of phenols is 1. The lowest BCUT2D eigenvalue weighted by Gasteiger charge is -2.07. The van der Waals surface area contributed by atoms with E-state index in [1.54, 1.807) is 18.2 Å². The lowest BCUT2D eigenvalue weighted by Crippen LogP contribution is -2.30. The Labute approximate surface area is 171 Å². The topological polar surface area (TPSA) is 139 Å². The molecule has 0 aromatic heterocycles. The zero-order valence-electron chi connectivity index (χ0n) is 15.3. The Morgan fingerprint density at radius 3 is 2.23 bits per heavy atom. The second-order valence-corrected chi connectivity index (χ2v) is 7.73. The number of aliphatic imine (C=N–C) groups is 1. The lowest BCUT2D eigenvalue weighted by molar-refractivity contribution is -0.384.